The molecule has 3 aromatic carbocycles. The predicted octanol–water partition coefficient (Wildman–Crippen LogP) is 5.50. The number of anilines is 1. The van der Waals surface area contributed by atoms with Crippen LogP contribution in [0.2, 0.25) is 10.0 Å². The zero-order valence-electron chi connectivity index (χ0n) is 20.5. The van der Waals surface area contributed by atoms with Crippen molar-refractivity contribution < 1.29 is 4.79 Å². The van der Waals surface area contributed by atoms with E-state index in [2.05, 4.69) is 20.6 Å². The van der Waals surface area contributed by atoms with Crippen molar-refractivity contribution >= 4 is 57.3 Å². The summed E-state index contributed by atoms with van der Waals surface area (Å²) in [6, 6.07) is 19.7. The second-order valence-corrected chi connectivity index (χ2v) is 10.4. The largest absolute Gasteiger partial charge is 0.321 e. The van der Waals surface area contributed by atoms with Crippen LogP contribution >= 0.6 is 35.0 Å². The topological polar surface area (TPSA) is 94.7 Å². The molecule has 5 rings (SSSR count). The molecule has 0 atom stereocenters. The van der Waals surface area contributed by atoms with Crippen LogP contribution in [-0.2, 0) is 26.3 Å². The fourth-order valence-corrected chi connectivity index (χ4v) is 5.31. The molecule has 2 heterocycles. The van der Waals surface area contributed by atoms with E-state index in [4.69, 9.17) is 23.2 Å². The van der Waals surface area contributed by atoms with Gasteiger partial charge in [-0.3, -0.25) is 9.59 Å². The molecule has 0 fully saturated rings. The van der Waals surface area contributed by atoms with E-state index < -0.39 is 0 Å². The van der Waals surface area contributed by atoms with Crippen LogP contribution in [0.1, 0.15) is 27.4 Å². The first kappa shape index (κ1) is 26.0. The van der Waals surface area contributed by atoms with Crippen LogP contribution in [0.5, 0.6) is 0 Å². The van der Waals surface area contributed by atoms with Gasteiger partial charge in [-0.15, -0.1) is 10.2 Å². The van der Waals surface area contributed by atoms with Crippen molar-refractivity contribution in [2.45, 2.75) is 17.3 Å². The van der Waals surface area contributed by atoms with E-state index in [1.807, 2.05) is 48.0 Å². The van der Waals surface area contributed by atoms with Gasteiger partial charge in [-0.1, -0.05) is 65.3 Å². The van der Waals surface area contributed by atoms with Gasteiger partial charge in [0.2, 0.25) is 0 Å². The fraction of sp³-hybridized carbons (Fsp3) is 0.148. The van der Waals surface area contributed by atoms with Crippen LogP contribution in [0.15, 0.2) is 76.7 Å². The summed E-state index contributed by atoms with van der Waals surface area (Å²) in [5.41, 5.74) is 2.69. The van der Waals surface area contributed by atoms with Gasteiger partial charge >= 0.3 is 0 Å². The highest BCUT2D eigenvalue weighted by Gasteiger charge is 2.15. The molecule has 0 radical (unpaired) electrons. The second kappa shape index (κ2) is 11.0. The highest BCUT2D eigenvalue weighted by molar-refractivity contribution is 7.98. The molecule has 1 N–H and O–H groups in total. The van der Waals surface area contributed by atoms with E-state index in [0.717, 1.165) is 27.6 Å². The Labute approximate surface area is 232 Å². The number of carbonyl (C=O) groups is 1. The normalized spacial score (nSPS) is 11.2. The summed E-state index contributed by atoms with van der Waals surface area (Å²) in [4.78, 5) is 25.0. The SMILES string of the molecule is Cn1c(Cc2nn(C)c(=O)c3ccccc23)nnc1SCc1ccc(C(=O)Nc2ccc(Cl)cc2Cl)cc1. The van der Waals surface area contributed by atoms with E-state index >= 15 is 0 Å². The van der Waals surface area contributed by atoms with Crippen molar-refractivity contribution in [1.29, 1.82) is 0 Å². The molecular formula is C27H22Cl2N6O2S. The number of aromatic nitrogens is 5. The van der Waals surface area contributed by atoms with E-state index in [1.165, 1.54) is 4.68 Å². The molecule has 0 spiro atoms. The van der Waals surface area contributed by atoms with Gasteiger partial charge in [0.1, 0.15) is 5.82 Å². The molecule has 0 aliphatic carbocycles. The molecule has 5 aromatic rings. The Morgan fingerprint density at radius 1 is 0.974 bits per heavy atom. The molecule has 0 unspecified atom stereocenters. The monoisotopic (exact) mass is 564 g/mol. The second-order valence-electron chi connectivity index (χ2n) is 8.62. The minimum absolute atomic E-state index is 0.129. The number of rotatable bonds is 7. The third kappa shape index (κ3) is 5.45. The van der Waals surface area contributed by atoms with Gasteiger partial charge in [0.05, 0.1) is 28.2 Å². The lowest BCUT2D eigenvalue weighted by atomic mass is 10.1. The van der Waals surface area contributed by atoms with Crippen molar-refractivity contribution in [2.24, 2.45) is 14.1 Å². The average molecular weight is 565 g/mol. The first-order valence-electron chi connectivity index (χ1n) is 11.6. The minimum Gasteiger partial charge on any atom is -0.321 e. The van der Waals surface area contributed by atoms with Crippen LogP contribution in [0.25, 0.3) is 10.8 Å². The summed E-state index contributed by atoms with van der Waals surface area (Å²) in [6.45, 7) is 0. The van der Waals surface area contributed by atoms with Crippen LogP contribution in [-0.4, -0.2) is 30.5 Å². The van der Waals surface area contributed by atoms with Crippen LogP contribution in [0, 0.1) is 0 Å². The van der Waals surface area contributed by atoms with Crippen molar-refractivity contribution in [3.63, 3.8) is 0 Å². The lowest BCUT2D eigenvalue weighted by molar-refractivity contribution is 0.102. The van der Waals surface area contributed by atoms with Gasteiger partial charge in [0.25, 0.3) is 11.5 Å². The summed E-state index contributed by atoms with van der Waals surface area (Å²) in [6.07, 6.45) is 0.445. The highest BCUT2D eigenvalue weighted by Crippen LogP contribution is 2.26. The maximum Gasteiger partial charge on any atom is 0.274 e. The lowest BCUT2D eigenvalue weighted by Gasteiger charge is -2.09. The van der Waals surface area contributed by atoms with Crippen LogP contribution in [0.4, 0.5) is 5.69 Å². The smallest absolute Gasteiger partial charge is 0.274 e. The summed E-state index contributed by atoms with van der Waals surface area (Å²) >= 11 is 13.6. The molecule has 8 nitrogen and oxygen atoms in total. The number of thioether (sulfide) groups is 1. The third-order valence-electron chi connectivity index (χ3n) is 6.05. The van der Waals surface area contributed by atoms with E-state index in [1.54, 1.807) is 49.1 Å². The van der Waals surface area contributed by atoms with Gasteiger partial charge in [-0.2, -0.15) is 5.10 Å². The standard InChI is InChI=1S/C27H22Cl2N6O2S/c1-34-24(14-23-19-5-3-4-6-20(19)26(37)35(2)33-23)31-32-27(34)38-15-16-7-9-17(10-8-16)25(36)30-22-12-11-18(28)13-21(22)29/h3-13H,14-15H2,1-2H3,(H,30,36). The minimum atomic E-state index is -0.258. The Kier molecular flexibility index (Phi) is 7.51. The third-order valence-corrected chi connectivity index (χ3v) is 7.69. The van der Waals surface area contributed by atoms with Crippen molar-refractivity contribution in [3.8, 4) is 0 Å². The Morgan fingerprint density at radius 3 is 2.45 bits per heavy atom. The number of halogens is 2. The summed E-state index contributed by atoms with van der Waals surface area (Å²) < 4.78 is 3.29. The van der Waals surface area contributed by atoms with E-state index in [0.29, 0.717) is 38.9 Å². The van der Waals surface area contributed by atoms with Crippen molar-refractivity contribution in [1.82, 2.24) is 24.5 Å². The van der Waals surface area contributed by atoms with E-state index in [-0.39, 0.29) is 11.5 Å². The molecule has 2 aromatic heterocycles. The number of benzene rings is 3. The number of carbonyl (C=O) groups excluding carboxylic acids is 1. The van der Waals surface area contributed by atoms with E-state index in [9.17, 15) is 9.59 Å². The molecular weight excluding hydrogens is 543 g/mol. The van der Waals surface area contributed by atoms with Gasteiger partial charge in [0, 0.05) is 35.8 Å². The Morgan fingerprint density at radius 2 is 1.71 bits per heavy atom. The number of hydrogen-bond acceptors (Lipinski definition) is 6. The molecule has 11 heteroatoms. The number of nitrogens with one attached hydrogen (secondary N) is 1. The quantitative estimate of drug-likeness (QED) is 0.262. The van der Waals surface area contributed by atoms with Gasteiger partial charge in [-0.25, -0.2) is 4.68 Å². The molecule has 0 saturated heterocycles. The Hall–Kier alpha value is -3.66. The molecule has 192 valence electrons. The molecule has 1 amide bonds. The molecule has 0 aliphatic heterocycles. The average Bonchev–Trinajstić information content (AvgIpc) is 3.26. The number of aryl methyl sites for hydroxylation is 1. The number of amides is 1. The van der Waals surface area contributed by atoms with Crippen LogP contribution < -0.4 is 10.9 Å². The Balaban J connectivity index is 1.25. The van der Waals surface area contributed by atoms with Gasteiger partial charge in [-0.05, 0) is 42.0 Å². The first-order valence-corrected chi connectivity index (χ1v) is 13.4. The first-order chi connectivity index (χ1) is 18.3. The fourth-order valence-electron chi connectivity index (χ4n) is 3.97. The maximum absolute atomic E-state index is 12.6. The number of nitrogens with zero attached hydrogens (tertiary/aromatic N) is 5. The zero-order valence-corrected chi connectivity index (χ0v) is 22.8. The highest BCUT2D eigenvalue weighted by atomic mass is 35.5. The lowest BCUT2D eigenvalue weighted by Crippen LogP contribution is -2.21. The van der Waals surface area contributed by atoms with Crippen LogP contribution in [0.3, 0.4) is 0 Å². The molecule has 38 heavy (non-hydrogen) atoms. The van der Waals surface area contributed by atoms with Crippen molar-refractivity contribution in [3.05, 3.63) is 110 Å². The number of hydrogen-bond donors (Lipinski definition) is 1. The van der Waals surface area contributed by atoms with Gasteiger partial charge in [0.15, 0.2) is 5.16 Å². The van der Waals surface area contributed by atoms with Gasteiger partial charge < -0.3 is 9.88 Å². The predicted molar refractivity (Wildman–Crippen MR) is 151 cm³/mol. The number of fused-ring (bicyclic) bond motifs is 1. The molecule has 0 bridgehead atoms. The summed E-state index contributed by atoms with van der Waals surface area (Å²) in [7, 11) is 3.56. The summed E-state index contributed by atoms with van der Waals surface area (Å²) in [5.74, 6) is 1.14. The van der Waals surface area contributed by atoms with Crippen molar-refractivity contribution in [2.75, 3.05) is 5.32 Å². The maximum atomic E-state index is 12.6. The summed E-state index contributed by atoms with van der Waals surface area (Å²) in [5, 5.41) is 19.1. The molecule has 0 saturated carbocycles. The molecule has 0 aliphatic rings. The Bertz CT molecular complexity index is 1720. The zero-order chi connectivity index (χ0) is 26.8.